The lowest BCUT2D eigenvalue weighted by molar-refractivity contribution is 0.0994. The summed E-state index contributed by atoms with van der Waals surface area (Å²) in [4.78, 5) is 20.4. The standard InChI is InChI=1S/C10H10N4OS/c11-4-6-9(10(12)15)14-7(5-13-6)8-2-1-3-16-8/h1-3,5H,4,11H2,(H2,12,15). The van der Waals surface area contributed by atoms with Crippen LogP contribution in [0.2, 0.25) is 0 Å². The fourth-order valence-electron chi connectivity index (χ4n) is 1.30. The van der Waals surface area contributed by atoms with Crippen molar-refractivity contribution in [3.8, 4) is 10.6 Å². The zero-order chi connectivity index (χ0) is 11.5. The molecule has 0 aliphatic heterocycles. The first kappa shape index (κ1) is 10.7. The Morgan fingerprint density at radius 2 is 2.31 bits per heavy atom. The first-order valence-electron chi connectivity index (χ1n) is 4.62. The molecule has 2 aromatic rings. The van der Waals surface area contributed by atoms with Crippen molar-refractivity contribution >= 4 is 17.2 Å². The van der Waals surface area contributed by atoms with Gasteiger partial charge >= 0.3 is 0 Å². The van der Waals surface area contributed by atoms with Crippen molar-refractivity contribution < 1.29 is 4.79 Å². The molecule has 0 unspecified atom stereocenters. The summed E-state index contributed by atoms with van der Waals surface area (Å²) in [6.45, 7) is 0.149. The number of carbonyl (C=O) groups is 1. The number of carbonyl (C=O) groups excluding carboxylic acids is 1. The summed E-state index contributed by atoms with van der Waals surface area (Å²) in [7, 11) is 0. The second kappa shape index (κ2) is 4.38. The normalized spacial score (nSPS) is 10.3. The van der Waals surface area contributed by atoms with E-state index in [4.69, 9.17) is 11.5 Å². The third-order valence-electron chi connectivity index (χ3n) is 2.05. The van der Waals surface area contributed by atoms with E-state index >= 15 is 0 Å². The van der Waals surface area contributed by atoms with Gasteiger partial charge in [0.15, 0.2) is 5.69 Å². The van der Waals surface area contributed by atoms with Crippen molar-refractivity contribution in [2.45, 2.75) is 6.54 Å². The summed E-state index contributed by atoms with van der Waals surface area (Å²) in [5, 5.41) is 1.93. The van der Waals surface area contributed by atoms with Crippen LogP contribution in [0.4, 0.5) is 0 Å². The minimum atomic E-state index is -0.605. The number of rotatable bonds is 3. The number of primary amides is 1. The average molecular weight is 234 g/mol. The molecule has 6 heteroatoms. The van der Waals surface area contributed by atoms with E-state index in [1.54, 1.807) is 6.20 Å². The Hall–Kier alpha value is -1.79. The number of hydrogen-bond acceptors (Lipinski definition) is 5. The molecule has 16 heavy (non-hydrogen) atoms. The van der Waals surface area contributed by atoms with Crippen molar-refractivity contribution in [2.24, 2.45) is 11.5 Å². The van der Waals surface area contributed by atoms with Gasteiger partial charge in [0, 0.05) is 6.54 Å². The molecule has 2 aromatic heterocycles. The zero-order valence-electron chi connectivity index (χ0n) is 8.38. The molecular weight excluding hydrogens is 224 g/mol. The number of hydrogen-bond donors (Lipinski definition) is 2. The molecule has 0 bridgehead atoms. The van der Waals surface area contributed by atoms with E-state index in [9.17, 15) is 4.79 Å². The van der Waals surface area contributed by atoms with Gasteiger partial charge in [-0.15, -0.1) is 11.3 Å². The van der Waals surface area contributed by atoms with E-state index in [0.29, 0.717) is 11.4 Å². The smallest absolute Gasteiger partial charge is 0.269 e. The SMILES string of the molecule is NCc1ncc(-c2cccs2)nc1C(N)=O. The van der Waals surface area contributed by atoms with Gasteiger partial charge in [0.05, 0.1) is 22.5 Å². The molecule has 0 saturated carbocycles. The highest BCUT2D eigenvalue weighted by molar-refractivity contribution is 7.13. The Morgan fingerprint density at radius 1 is 1.50 bits per heavy atom. The van der Waals surface area contributed by atoms with Crippen LogP contribution in [-0.2, 0) is 6.54 Å². The summed E-state index contributed by atoms with van der Waals surface area (Å²) in [6.07, 6.45) is 1.60. The summed E-state index contributed by atoms with van der Waals surface area (Å²) < 4.78 is 0. The number of amides is 1. The van der Waals surface area contributed by atoms with Crippen LogP contribution in [0.5, 0.6) is 0 Å². The third-order valence-corrected chi connectivity index (χ3v) is 2.94. The molecule has 1 amide bonds. The van der Waals surface area contributed by atoms with Crippen molar-refractivity contribution in [3.63, 3.8) is 0 Å². The molecule has 0 spiro atoms. The Labute approximate surface area is 96.1 Å². The highest BCUT2D eigenvalue weighted by atomic mass is 32.1. The molecule has 4 N–H and O–H groups in total. The molecule has 82 valence electrons. The van der Waals surface area contributed by atoms with Gasteiger partial charge in [0.25, 0.3) is 5.91 Å². The van der Waals surface area contributed by atoms with Crippen LogP contribution in [0, 0.1) is 0 Å². The predicted molar refractivity (Wildman–Crippen MR) is 61.8 cm³/mol. The molecule has 0 fully saturated rings. The second-order valence-corrected chi connectivity index (χ2v) is 4.04. The lowest BCUT2D eigenvalue weighted by Gasteiger charge is -2.04. The molecule has 0 radical (unpaired) electrons. The number of nitrogens with two attached hydrogens (primary N) is 2. The average Bonchev–Trinajstić information content (AvgIpc) is 2.81. The molecule has 5 nitrogen and oxygen atoms in total. The molecular formula is C10H10N4OS. The largest absolute Gasteiger partial charge is 0.364 e. The van der Waals surface area contributed by atoms with Crippen LogP contribution >= 0.6 is 11.3 Å². The Balaban J connectivity index is 2.51. The lowest BCUT2D eigenvalue weighted by atomic mass is 10.2. The van der Waals surface area contributed by atoms with Crippen molar-refractivity contribution in [2.75, 3.05) is 0 Å². The van der Waals surface area contributed by atoms with Gasteiger partial charge in [-0.2, -0.15) is 0 Å². The first-order chi connectivity index (χ1) is 7.72. The van der Waals surface area contributed by atoms with E-state index < -0.39 is 5.91 Å². The molecule has 2 heterocycles. The van der Waals surface area contributed by atoms with Gasteiger partial charge in [-0.1, -0.05) is 6.07 Å². The zero-order valence-corrected chi connectivity index (χ0v) is 9.20. The van der Waals surface area contributed by atoms with Crippen molar-refractivity contribution in [1.29, 1.82) is 0 Å². The van der Waals surface area contributed by atoms with Gasteiger partial charge in [-0.05, 0) is 11.4 Å². The minimum Gasteiger partial charge on any atom is -0.364 e. The topological polar surface area (TPSA) is 94.9 Å². The summed E-state index contributed by atoms with van der Waals surface area (Å²) >= 11 is 1.52. The van der Waals surface area contributed by atoms with Crippen LogP contribution in [0.25, 0.3) is 10.6 Å². The highest BCUT2D eigenvalue weighted by Crippen LogP contribution is 2.22. The maximum absolute atomic E-state index is 11.2. The first-order valence-corrected chi connectivity index (χ1v) is 5.50. The van der Waals surface area contributed by atoms with Crippen LogP contribution in [0.3, 0.4) is 0 Å². The van der Waals surface area contributed by atoms with Crippen LogP contribution in [0.1, 0.15) is 16.2 Å². The molecule has 0 atom stereocenters. The lowest BCUT2D eigenvalue weighted by Crippen LogP contribution is -2.19. The highest BCUT2D eigenvalue weighted by Gasteiger charge is 2.12. The number of thiophene rings is 1. The fraction of sp³-hybridized carbons (Fsp3) is 0.100. The maximum atomic E-state index is 11.2. The van der Waals surface area contributed by atoms with Gasteiger partial charge in [0.1, 0.15) is 0 Å². The van der Waals surface area contributed by atoms with Gasteiger partial charge in [0.2, 0.25) is 0 Å². The van der Waals surface area contributed by atoms with Crippen LogP contribution < -0.4 is 11.5 Å². The minimum absolute atomic E-state index is 0.147. The molecule has 0 aromatic carbocycles. The second-order valence-electron chi connectivity index (χ2n) is 3.10. The molecule has 0 aliphatic rings. The van der Waals surface area contributed by atoms with E-state index in [0.717, 1.165) is 4.88 Å². The molecule has 2 rings (SSSR count). The van der Waals surface area contributed by atoms with E-state index in [2.05, 4.69) is 9.97 Å². The van der Waals surface area contributed by atoms with E-state index in [1.165, 1.54) is 11.3 Å². The summed E-state index contributed by atoms with van der Waals surface area (Å²) in [6, 6.07) is 3.81. The molecule has 0 aliphatic carbocycles. The monoisotopic (exact) mass is 234 g/mol. The van der Waals surface area contributed by atoms with Gasteiger partial charge < -0.3 is 11.5 Å². The number of nitrogens with zero attached hydrogens (tertiary/aromatic N) is 2. The third kappa shape index (κ3) is 1.93. The fourth-order valence-corrected chi connectivity index (χ4v) is 1.98. The van der Waals surface area contributed by atoms with Gasteiger partial charge in [-0.25, -0.2) is 4.98 Å². The summed E-state index contributed by atoms with van der Waals surface area (Å²) in [5.41, 5.74) is 11.9. The Kier molecular flexibility index (Phi) is 2.93. The van der Waals surface area contributed by atoms with Crippen LogP contribution in [-0.4, -0.2) is 15.9 Å². The number of aromatic nitrogens is 2. The van der Waals surface area contributed by atoms with E-state index in [1.807, 2.05) is 17.5 Å². The quantitative estimate of drug-likeness (QED) is 0.819. The van der Waals surface area contributed by atoms with E-state index in [-0.39, 0.29) is 12.2 Å². The maximum Gasteiger partial charge on any atom is 0.269 e. The summed E-state index contributed by atoms with van der Waals surface area (Å²) in [5.74, 6) is -0.605. The van der Waals surface area contributed by atoms with Gasteiger partial charge in [-0.3, -0.25) is 9.78 Å². The van der Waals surface area contributed by atoms with Crippen LogP contribution in [0.15, 0.2) is 23.7 Å². The Bertz CT molecular complexity index is 510. The molecule has 0 saturated heterocycles. The Morgan fingerprint density at radius 3 is 2.88 bits per heavy atom. The predicted octanol–water partition coefficient (Wildman–Crippen LogP) is 0.763. The van der Waals surface area contributed by atoms with Crippen molar-refractivity contribution in [3.05, 3.63) is 35.1 Å². The van der Waals surface area contributed by atoms with Crippen molar-refractivity contribution in [1.82, 2.24) is 9.97 Å².